The maximum Gasteiger partial charge on any atom is 0.416 e. The average Bonchev–Trinajstić information content (AvgIpc) is 2.38. The van der Waals surface area contributed by atoms with E-state index in [0.717, 1.165) is 7.11 Å². The molecule has 0 saturated carbocycles. The lowest BCUT2D eigenvalue weighted by Crippen LogP contribution is -2.26. The number of carbonyl (C=O) groups is 2. The van der Waals surface area contributed by atoms with E-state index in [1.54, 1.807) is 0 Å². The molecule has 0 heterocycles. The van der Waals surface area contributed by atoms with Gasteiger partial charge in [0, 0.05) is 0 Å². The zero-order chi connectivity index (χ0) is 15.5. The van der Waals surface area contributed by atoms with Crippen LogP contribution in [0.5, 0.6) is 0 Å². The van der Waals surface area contributed by atoms with Gasteiger partial charge in [-0.1, -0.05) is 6.92 Å². The monoisotopic (exact) mass is 292 g/mol. The van der Waals surface area contributed by atoms with Crippen molar-refractivity contribution in [3.05, 3.63) is 35.1 Å². The highest BCUT2D eigenvalue weighted by molar-refractivity contribution is 6.08. The Morgan fingerprint density at radius 3 is 2.35 bits per heavy atom. The fourth-order valence-electron chi connectivity index (χ4n) is 1.68. The number of hydrogen-bond acceptors (Lipinski definition) is 3. The van der Waals surface area contributed by atoms with Crippen molar-refractivity contribution in [3.8, 4) is 0 Å². The largest absolute Gasteiger partial charge is 0.468 e. The highest BCUT2D eigenvalue weighted by Gasteiger charge is 2.34. The molecule has 0 aliphatic heterocycles. The van der Waals surface area contributed by atoms with Crippen molar-refractivity contribution in [2.75, 3.05) is 7.11 Å². The third kappa shape index (κ3) is 3.34. The van der Waals surface area contributed by atoms with Gasteiger partial charge in [-0.15, -0.1) is 0 Å². The molecule has 1 aromatic rings. The molecule has 20 heavy (non-hydrogen) atoms. The Balaban J connectivity index is 3.24. The van der Waals surface area contributed by atoms with Crippen LogP contribution in [-0.4, -0.2) is 18.9 Å². The second-order valence-corrected chi connectivity index (χ2v) is 4.04. The van der Waals surface area contributed by atoms with Gasteiger partial charge >= 0.3 is 12.1 Å². The highest BCUT2D eigenvalue weighted by atomic mass is 19.4. The molecule has 0 aliphatic rings. The van der Waals surface area contributed by atoms with Gasteiger partial charge in [0.15, 0.2) is 5.78 Å². The van der Waals surface area contributed by atoms with Crippen LogP contribution < -0.4 is 0 Å². The molecule has 110 valence electrons. The summed E-state index contributed by atoms with van der Waals surface area (Å²) in [5.41, 5.74) is -1.92. The molecular weight excluding hydrogens is 280 g/mol. The van der Waals surface area contributed by atoms with Crippen LogP contribution in [0.15, 0.2) is 18.2 Å². The average molecular weight is 292 g/mol. The lowest BCUT2D eigenvalue weighted by Gasteiger charge is -2.13. The Kier molecular flexibility index (Phi) is 4.86. The van der Waals surface area contributed by atoms with Gasteiger partial charge in [0.1, 0.15) is 11.7 Å². The second-order valence-electron chi connectivity index (χ2n) is 4.04. The number of methoxy groups -OCH3 is 1. The number of benzene rings is 1. The predicted molar refractivity (Wildman–Crippen MR) is 61.5 cm³/mol. The number of esters is 1. The molecule has 7 heteroatoms. The molecule has 0 N–H and O–H groups in total. The van der Waals surface area contributed by atoms with Crippen LogP contribution in [0.4, 0.5) is 17.6 Å². The maximum absolute atomic E-state index is 13.5. The van der Waals surface area contributed by atoms with E-state index in [-0.39, 0.29) is 6.42 Å². The van der Waals surface area contributed by atoms with Crippen LogP contribution in [0.1, 0.15) is 29.3 Å². The van der Waals surface area contributed by atoms with E-state index in [0.29, 0.717) is 18.2 Å². The van der Waals surface area contributed by atoms with Crippen molar-refractivity contribution in [2.45, 2.75) is 19.5 Å². The van der Waals surface area contributed by atoms with Gasteiger partial charge in [0.25, 0.3) is 0 Å². The number of halogens is 4. The molecule has 3 nitrogen and oxygen atoms in total. The Hall–Kier alpha value is -1.92. The van der Waals surface area contributed by atoms with Crippen LogP contribution in [0.2, 0.25) is 0 Å². The molecule has 1 aromatic carbocycles. The van der Waals surface area contributed by atoms with Gasteiger partial charge in [0.2, 0.25) is 0 Å². The number of ketones is 1. The lowest BCUT2D eigenvalue weighted by molar-refractivity contribution is -0.143. The second kappa shape index (κ2) is 6.02. The minimum Gasteiger partial charge on any atom is -0.468 e. The number of carbonyl (C=O) groups excluding carboxylic acids is 2. The Bertz CT molecular complexity index is 523. The van der Waals surface area contributed by atoms with Gasteiger partial charge in [-0.3, -0.25) is 9.59 Å². The van der Waals surface area contributed by atoms with Gasteiger partial charge in [-0.2, -0.15) is 13.2 Å². The summed E-state index contributed by atoms with van der Waals surface area (Å²) in [5, 5.41) is 0. The van der Waals surface area contributed by atoms with Gasteiger partial charge < -0.3 is 4.74 Å². The van der Waals surface area contributed by atoms with E-state index < -0.39 is 40.8 Å². The first-order valence-corrected chi connectivity index (χ1v) is 5.71. The molecule has 0 amide bonds. The number of rotatable bonds is 4. The molecule has 1 atom stereocenters. The fraction of sp³-hybridized carbons (Fsp3) is 0.385. The number of ether oxygens (including phenoxy) is 1. The van der Waals surface area contributed by atoms with E-state index >= 15 is 0 Å². The van der Waals surface area contributed by atoms with Crippen molar-refractivity contribution >= 4 is 11.8 Å². The van der Waals surface area contributed by atoms with Crippen LogP contribution in [-0.2, 0) is 15.7 Å². The molecule has 0 radical (unpaired) electrons. The van der Waals surface area contributed by atoms with Crippen LogP contribution in [0, 0.1) is 11.7 Å². The first-order chi connectivity index (χ1) is 9.22. The van der Waals surface area contributed by atoms with Crippen LogP contribution >= 0.6 is 0 Å². The third-order valence-electron chi connectivity index (χ3n) is 2.77. The number of hydrogen-bond donors (Lipinski definition) is 0. The Labute approximate surface area is 112 Å². The van der Waals surface area contributed by atoms with E-state index in [4.69, 9.17) is 0 Å². The Morgan fingerprint density at radius 2 is 1.90 bits per heavy atom. The molecule has 0 spiro atoms. The van der Waals surface area contributed by atoms with E-state index in [1.165, 1.54) is 6.92 Å². The van der Waals surface area contributed by atoms with E-state index in [2.05, 4.69) is 4.74 Å². The fourth-order valence-corrected chi connectivity index (χ4v) is 1.68. The van der Waals surface area contributed by atoms with Crippen molar-refractivity contribution < 1.29 is 31.9 Å². The molecule has 0 fully saturated rings. The maximum atomic E-state index is 13.5. The van der Waals surface area contributed by atoms with E-state index in [1.807, 2.05) is 0 Å². The first kappa shape index (κ1) is 16.1. The molecule has 1 rings (SSSR count). The third-order valence-corrected chi connectivity index (χ3v) is 2.77. The predicted octanol–water partition coefficient (Wildman–Crippen LogP) is 3.23. The number of alkyl halides is 3. The molecule has 0 aliphatic carbocycles. The minimum absolute atomic E-state index is 0.00118. The molecule has 0 aromatic heterocycles. The minimum atomic E-state index is -4.70. The van der Waals surface area contributed by atoms with Crippen LogP contribution in [0.3, 0.4) is 0 Å². The zero-order valence-corrected chi connectivity index (χ0v) is 10.8. The summed E-state index contributed by atoms with van der Waals surface area (Å²) < 4.78 is 55.5. The summed E-state index contributed by atoms with van der Waals surface area (Å²) in [6, 6.07) is 1.49. The zero-order valence-electron chi connectivity index (χ0n) is 10.8. The van der Waals surface area contributed by atoms with Crippen molar-refractivity contribution in [2.24, 2.45) is 5.92 Å². The molecule has 0 bridgehead atoms. The van der Waals surface area contributed by atoms with Crippen molar-refractivity contribution in [1.82, 2.24) is 0 Å². The Morgan fingerprint density at radius 1 is 1.30 bits per heavy atom. The molecule has 1 unspecified atom stereocenters. The standard InChI is InChI=1S/C13H12F4O3/c1-3-8(12(19)20-2)11(18)9-6-7(13(15,16)17)4-5-10(9)14/h4-6,8H,3H2,1-2H3. The highest BCUT2D eigenvalue weighted by Crippen LogP contribution is 2.31. The topological polar surface area (TPSA) is 43.4 Å². The lowest BCUT2D eigenvalue weighted by atomic mass is 9.94. The quantitative estimate of drug-likeness (QED) is 0.370. The summed E-state index contributed by atoms with van der Waals surface area (Å²) in [4.78, 5) is 23.3. The summed E-state index contributed by atoms with van der Waals surface area (Å²) >= 11 is 0. The van der Waals surface area contributed by atoms with Gasteiger partial charge in [0.05, 0.1) is 18.2 Å². The number of Topliss-reactive ketones (excluding diaryl/α,β-unsaturated/α-hetero) is 1. The smallest absolute Gasteiger partial charge is 0.416 e. The summed E-state index contributed by atoms with van der Waals surface area (Å²) in [6.07, 6.45) is -4.70. The SMILES string of the molecule is CCC(C(=O)OC)C(=O)c1cc(C(F)(F)F)ccc1F. The van der Waals surface area contributed by atoms with Crippen molar-refractivity contribution in [3.63, 3.8) is 0 Å². The first-order valence-electron chi connectivity index (χ1n) is 5.71. The van der Waals surface area contributed by atoms with Crippen molar-refractivity contribution in [1.29, 1.82) is 0 Å². The summed E-state index contributed by atoms with van der Waals surface area (Å²) in [7, 11) is 1.04. The summed E-state index contributed by atoms with van der Waals surface area (Å²) in [6.45, 7) is 1.48. The molecular formula is C13H12F4O3. The normalized spacial score (nSPS) is 12.9. The van der Waals surface area contributed by atoms with Gasteiger partial charge in [-0.05, 0) is 24.6 Å². The van der Waals surface area contributed by atoms with E-state index in [9.17, 15) is 27.2 Å². The van der Waals surface area contributed by atoms with Gasteiger partial charge in [-0.25, -0.2) is 4.39 Å². The molecule has 0 saturated heterocycles. The van der Waals surface area contributed by atoms with Crippen LogP contribution in [0.25, 0.3) is 0 Å². The summed E-state index contributed by atoms with van der Waals surface area (Å²) in [5.74, 6) is -4.36.